The summed E-state index contributed by atoms with van der Waals surface area (Å²) in [5.74, 6) is 2.56. The minimum atomic E-state index is -0.122. The van der Waals surface area contributed by atoms with E-state index >= 15 is 0 Å². The molecule has 30 heavy (non-hydrogen) atoms. The lowest BCUT2D eigenvalue weighted by Gasteiger charge is -2.18. The smallest absolute Gasteiger partial charge is 0.247 e. The lowest BCUT2D eigenvalue weighted by Crippen LogP contribution is -2.21. The van der Waals surface area contributed by atoms with E-state index in [4.69, 9.17) is 9.98 Å². The maximum Gasteiger partial charge on any atom is 0.247 e. The average Bonchev–Trinajstić information content (AvgIpc) is 3.25. The maximum atomic E-state index is 11.5. The fourth-order valence-corrected chi connectivity index (χ4v) is 3.93. The fourth-order valence-electron chi connectivity index (χ4n) is 3.93. The number of pyridine rings is 2. The van der Waals surface area contributed by atoms with E-state index in [2.05, 4.69) is 45.0 Å². The van der Waals surface area contributed by atoms with Gasteiger partial charge in [-0.25, -0.2) is 9.97 Å². The van der Waals surface area contributed by atoms with Crippen LogP contribution in [-0.4, -0.2) is 26.1 Å². The molecular formula is C23H22N6O. The molecule has 0 spiro atoms. The van der Waals surface area contributed by atoms with Crippen LogP contribution in [-0.2, 0) is 6.54 Å². The van der Waals surface area contributed by atoms with E-state index < -0.39 is 0 Å². The summed E-state index contributed by atoms with van der Waals surface area (Å²) in [5.41, 5.74) is 4.52. The summed E-state index contributed by atoms with van der Waals surface area (Å²) in [5, 5.41) is 3.46. The Morgan fingerprint density at radius 3 is 2.70 bits per heavy atom. The maximum absolute atomic E-state index is 11.5. The zero-order chi connectivity index (χ0) is 20.7. The predicted molar refractivity (Wildman–Crippen MR) is 116 cm³/mol. The molecule has 0 bridgehead atoms. The Balaban J connectivity index is 1.76. The summed E-state index contributed by atoms with van der Waals surface area (Å²) in [6.07, 6.45) is 1.74. The number of aromatic nitrogens is 4. The summed E-state index contributed by atoms with van der Waals surface area (Å²) in [4.78, 5) is 28.7. The van der Waals surface area contributed by atoms with Crippen LogP contribution in [0.2, 0.25) is 0 Å². The van der Waals surface area contributed by atoms with E-state index in [1.165, 1.54) is 0 Å². The molecule has 2 aromatic rings. The molecule has 0 radical (unpaired) electrons. The van der Waals surface area contributed by atoms with Crippen LogP contribution in [0.5, 0.6) is 0 Å². The summed E-state index contributed by atoms with van der Waals surface area (Å²) in [6.45, 7) is 5.61. The van der Waals surface area contributed by atoms with Crippen molar-refractivity contribution in [2.24, 2.45) is 4.99 Å². The van der Waals surface area contributed by atoms with Crippen molar-refractivity contribution in [1.29, 1.82) is 0 Å². The van der Waals surface area contributed by atoms with Crippen LogP contribution < -0.4 is 16.4 Å². The van der Waals surface area contributed by atoms with Gasteiger partial charge < -0.3 is 14.9 Å². The zero-order valence-electron chi connectivity index (χ0n) is 16.9. The molecule has 2 N–H and O–H groups in total. The van der Waals surface area contributed by atoms with Crippen LogP contribution in [0.25, 0.3) is 22.5 Å². The van der Waals surface area contributed by atoms with Gasteiger partial charge in [-0.1, -0.05) is 30.3 Å². The SMILES string of the molecule is Cc1nc2n3c(c(-c4ccc(=O)[nH]c4)cc-2c(=N[C@H](C)c2ccccc2)n1)NCC3. The van der Waals surface area contributed by atoms with Gasteiger partial charge in [0.1, 0.15) is 17.5 Å². The van der Waals surface area contributed by atoms with E-state index in [1.54, 1.807) is 12.3 Å². The van der Waals surface area contributed by atoms with Crippen molar-refractivity contribution in [3.63, 3.8) is 0 Å². The Labute approximate surface area is 173 Å². The number of aryl methyl sites for hydroxylation is 1. The molecule has 5 rings (SSSR count). The Bertz CT molecular complexity index is 1300. The number of anilines is 1. The molecule has 3 aliphatic heterocycles. The van der Waals surface area contributed by atoms with Crippen molar-refractivity contribution >= 4 is 5.82 Å². The molecule has 0 saturated carbocycles. The molecule has 0 saturated heterocycles. The molecular weight excluding hydrogens is 376 g/mol. The summed E-state index contributed by atoms with van der Waals surface area (Å²) in [7, 11) is 0. The third-order valence-electron chi connectivity index (χ3n) is 5.41. The minimum Gasteiger partial charge on any atom is -0.369 e. The molecule has 3 aliphatic rings. The summed E-state index contributed by atoms with van der Waals surface area (Å²) < 4.78 is 2.18. The van der Waals surface area contributed by atoms with Crippen molar-refractivity contribution < 1.29 is 0 Å². The number of nitrogens with zero attached hydrogens (tertiary/aromatic N) is 4. The molecule has 0 aliphatic carbocycles. The Hall–Kier alpha value is -3.74. The molecule has 1 atom stereocenters. The van der Waals surface area contributed by atoms with Crippen molar-refractivity contribution in [3.8, 4) is 22.5 Å². The third-order valence-corrected chi connectivity index (χ3v) is 5.41. The number of hydrogen-bond donors (Lipinski definition) is 2. The van der Waals surface area contributed by atoms with Crippen LogP contribution in [0.1, 0.15) is 24.4 Å². The highest BCUT2D eigenvalue weighted by atomic mass is 16.1. The van der Waals surface area contributed by atoms with E-state index in [0.29, 0.717) is 11.3 Å². The average molecular weight is 398 g/mol. The summed E-state index contributed by atoms with van der Waals surface area (Å²) >= 11 is 0. The van der Waals surface area contributed by atoms with E-state index in [1.807, 2.05) is 31.2 Å². The van der Waals surface area contributed by atoms with Gasteiger partial charge in [0, 0.05) is 36.5 Å². The second kappa shape index (κ2) is 7.26. The highest BCUT2D eigenvalue weighted by Gasteiger charge is 2.24. The number of nitrogens with one attached hydrogen (secondary N) is 2. The molecule has 1 aromatic heterocycles. The molecule has 0 fully saturated rings. The van der Waals surface area contributed by atoms with Crippen molar-refractivity contribution in [1.82, 2.24) is 19.5 Å². The molecule has 0 unspecified atom stereocenters. The first-order valence-corrected chi connectivity index (χ1v) is 10.0. The fraction of sp³-hybridized carbons (Fsp3) is 0.217. The molecule has 150 valence electrons. The molecule has 0 amide bonds. The van der Waals surface area contributed by atoms with Gasteiger partial charge in [-0.3, -0.25) is 9.79 Å². The standard InChI is InChI=1S/C23H22N6O/c1-14(16-6-4-3-5-7-16)26-21-19-12-18(17-8-9-20(30)25-13-17)22-24-10-11-29(22)23(19)28-15(2)27-21/h3-9,12-14,24H,10-11H2,1-2H3,(H,25,30)/t14-/m1/s1. The first-order valence-electron chi connectivity index (χ1n) is 10.0. The van der Waals surface area contributed by atoms with Gasteiger partial charge in [-0.2, -0.15) is 0 Å². The number of fused-ring (bicyclic) bond motifs is 3. The van der Waals surface area contributed by atoms with Crippen LogP contribution in [0.4, 0.5) is 5.82 Å². The number of hydrogen-bond acceptors (Lipinski definition) is 5. The Kier molecular flexibility index (Phi) is 4.43. The quantitative estimate of drug-likeness (QED) is 0.555. The second-order valence-electron chi connectivity index (χ2n) is 7.47. The molecule has 7 nitrogen and oxygen atoms in total. The van der Waals surface area contributed by atoms with Gasteiger partial charge in [-0.05, 0) is 31.5 Å². The van der Waals surface area contributed by atoms with Crippen molar-refractivity contribution in [2.75, 3.05) is 11.9 Å². The van der Waals surface area contributed by atoms with Crippen LogP contribution >= 0.6 is 0 Å². The second-order valence-corrected chi connectivity index (χ2v) is 7.47. The topological polar surface area (TPSA) is 88.0 Å². The largest absolute Gasteiger partial charge is 0.369 e. The van der Waals surface area contributed by atoms with E-state index in [-0.39, 0.29) is 11.6 Å². The van der Waals surface area contributed by atoms with Gasteiger partial charge in [0.2, 0.25) is 5.56 Å². The van der Waals surface area contributed by atoms with Gasteiger partial charge in [0.15, 0.2) is 5.49 Å². The molecule has 1 aromatic carbocycles. The van der Waals surface area contributed by atoms with Gasteiger partial charge in [-0.15, -0.1) is 0 Å². The third kappa shape index (κ3) is 3.18. The van der Waals surface area contributed by atoms with Crippen LogP contribution in [0.15, 0.2) is 64.5 Å². The Morgan fingerprint density at radius 1 is 1.10 bits per heavy atom. The normalized spacial score (nSPS) is 14.5. The highest BCUT2D eigenvalue weighted by Crippen LogP contribution is 2.35. The first-order chi connectivity index (χ1) is 14.6. The minimum absolute atomic E-state index is 0.0309. The number of rotatable bonds is 3. The van der Waals surface area contributed by atoms with E-state index in [9.17, 15) is 4.79 Å². The van der Waals surface area contributed by atoms with Crippen LogP contribution in [0, 0.1) is 6.92 Å². The zero-order valence-corrected chi connectivity index (χ0v) is 16.9. The van der Waals surface area contributed by atoms with Crippen molar-refractivity contribution in [3.05, 3.63) is 82.0 Å². The van der Waals surface area contributed by atoms with Crippen molar-refractivity contribution in [2.45, 2.75) is 26.4 Å². The predicted octanol–water partition coefficient (Wildman–Crippen LogP) is 3.13. The summed E-state index contributed by atoms with van der Waals surface area (Å²) in [6, 6.07) is 15.6. The van der Waals surface area contributed by atoms with E-state index in [0.717, 1.165) is 47.0 Å². The lowest BCUT2D eigenvalue weighted by molar-refractivity contribution is 0.749. The highest BCUT2D eigenvalue weighted by molar-refractivity contribution is 5.81. The molecule has 7 heteroatoms. The lowest BCUT2D eigenvalue weighted by atomic mass is 10.0. The monoisotopic (exact) mass is 398 g/mol. The van der Waals surface area contributed by atoms with Gasteiger partial charge in [0.05, 0.1) is 11.6 Å². The number of aromatic amines is 1. The first kappa shape index (κ1) is 18.3. The van der Waals surface area contributed by atoms with Crippen LogP contribution in [0.3, 0.4) is 0 Å². The Morgan fingerprint density at radius 2 is 1.93 bits per heavy atom. The van der Waals surface area contributed by atoms with Gasteiger partial charge in [0.25, 0.3) is 0 Å². The molecule has 4 heterocycles. The number of benzene rings is 1. The van der Waals surface area contributed by atoms with Gasteiger partial charge >= 0.3 is 0 Å². The number of H-pyrrole nitrogens is 1.